The predicted octanol–water partition coefficient (Wildman–Crippen LogP) is 2.54. The number of methoxy groups -OCH3 is 1. The van der Waals surface area contributed by atoms with Gasteiger partial charge in [-0.25, -0.2) is 0 Å². The van der Waals surface area contributed by atoms with Crippen molar-refractivity contribution in [3.8, 4) is 11.5 Å². The lowest BCUT2D eigenvalue weighted by molar-refractivity contribution is -0.120. The fourth-order valence-electron chi connectivity index (χ4n) is 2.20. The Labute approximate surface area is 143 Å². The van der Waals surface area contributed by atoms with Gasteiger partial charge in [-0.05, 0) is 36.8 Å². The predicted molar refractivity (Wildman–Crippen MR) is 94.4 cm³/mol. The van der Waals surface area contributed by atoms with E-state index in [1.807, 2.05) is 61.5 Å². The Morgan fingerprint density at radius 3 is 2.38 bits per heavy atom. The summed E-state index contributed by atoms with van der Waals surface area (Å²) in [6.07, 6.45) is 0. The van der Waals surface area contributed by atoms with E-state index in [0.717, 1.165) is 17.1 Å². The Morgan fingerprint density at radius 1 is 1.04 bits per heavy atom. The summed E-state index contributed by atoms with van der Waals surface area (Å²) in [7, 11) is 1.62. The van der Waals surface area contributed by atoms with Crippen LogP contribution < -0.4 is 20.1 Å². The van der Waals surface area contributed by atoms with Crippen LogP contribution in [0.5, 0.6) is 11.5 Å². The molecule has 0 aliphatic rings. The average molecular weight is 328 g/mol. The zero-order chi connectivity index (χ0) is 17.2. The van der Waals surface area contributed by atoms with Crippen LogP contribution in [0, 0.1) is 0 Å². The molecule has 0 fully saturated rings. The molecule has 1 atom stereocenters. The molecule has 128 valence electrons. The first-order chi connectivity index (χ1) is 11.7. The second kappa shape index (κ2) is 9.57. The number of hydrogen-bond donors (Lipinski definition) is 2. The minimum absolute atomic E-state index is 0.0453. The van der Waals surface area contributed by atoms with Gasteiger partial charge in [0.05, 0.1) is 20.2 Å². The molecular weight excluding hydrogens is 304 g/mol. The van der Waals surface area contributed by atoms with Gasteiger partial charge in [-0.15, -0.1) is 0 Å². The van der Waals surface area contributed by atoms with E-state index in [0.29, 0.717) is 13.2 Å². The summed E-state index contributed by atoms with van der Waals surface area (Å²) in [4.78, 5) is 11.8. The largest absolute Gasteiger partial charge is 0.497 e. The van der Waals surface area contributed by atoms with Crippen LogP contribution in [-0.4, -0.2) is 32.7 Å². The lowest BCUT2D eigenvalue weighted by Crippen LogP contribution is -2.36. The van der Waals surface area contributed by atoms with Gasteiger partial charge in [0.25, 0.3) is 0 Å². The molecule has 0 spiro atoms. The number of rotatable bonds is 9. The van der Waals surface area contributed by atoms with Crippen LogP contribution in [0.3, 0.4) is 0 Å². The maximum atomic E-state index is 11.8. The van der Waals surface area contributed by atoms with Gasteiger partial charge in [0.1, 0.15) is 18.1 Å². The third kappa shape index (κ3) is 5.93. The average Bonchev–Trinajstić information content (AvgIpc) is 2.64. The van der Waals surface area contributed by atoms with Gasteiger partial charge in [0, 0.05) is 6.04 Å². The van der Waals surface area contributed by atoms with Crippen molar-refractivity contribution in [3.05, 3.63) is 60.2 Å². The maximum Gasteiger partial charge on any atom is 0.234 e. The molecule has 1 unspecified atom stereocenters. The molecule has 0 saturated carbocycles. The molecule has 5 heteroatoms. The number of carbonyl (C=O) groups excluding carboxylic acids is 1. The first-order valence-corrected chi connectivity index (χ1v) is 8.01. The zero-order valence-electron chi connectivity index (χ0n) is 14.1. The topological polar surface area (TPSA) is 59.6 Å². The molecule has 1 amide bonds. The molecule has 0 radical (unpaired) electrons. The lowest BCUT2D eigenvalue weighted by Gasteiger charge is -2.14. The van der Waals surface area contributed by atoms with E-state index in [1.165, 1.54) is 0 Å². The molecule has 0 heterocycles. The summed E-state index contributed by atoms with van der Waals surface area (Å²) < 4.78 is 10.6. The van der Waals surface area contributed by atoms with Crippen LogP contribution in [0.2, 0.25) is 0 Å². The minimum atomic E-state index is -0.0453. The van der Waals surface area contributed by atoms with Crippen molar-refractivity contribution in [2.75, 3.05) is 26.8 Å². The highest BCUT2D eigenvalue weighted by Crippen LogP contribution is 2.16. The van der Waals surface area contributed by atoms with Gasteiger partial charge in [-0.3, -0.25) is 4.79 Å². The van der Waals surface area contributed by atoms with Crippen molar-refractivity contribution in [1.29, 1.82) is 0 Å². The fraction of sp³-hybridized carbons (Fsp3) is 0.316. The molecule has 0 saturated heterocycles. The van der Waals surface area contributed by atoms with E-state index < -0.39 is 0 Å². The van der Waals surface area contributed by atoms with Crippen molar-refractivity contribution in [3.63, 3.8) is 0 Å². The molecule has 2 N–H and O–H groups in total. The van der Waals surface area contributed by atoms with E-state index in [1.54, 1.807) is 7.11 Å². The van der Waals surface area contributed by atoms with Gasteiger partial charge >= 0.3 is 0 Å². The van der Waals surface area contributed by atoms with E-state index in [9.17, 15) is 4.79 Å². The summed E-state index contributed by atoms with van der Waals surface area (Å²) in [6.45, 7) is 3.20. The van der Waals surface area contributed by atoms with Crippen molar-refractivity contribution in [2.45, 2.75) is 13.0 Å². The van der Waals surface area contributed by atoms with Gasteiger partial charge in [-0.2, -0.15) is 0 Å². The van der Waals surface area contributed by atoms with Crippen molar-refractivity contribution >= 4 is 5.91 Å². The number of benzene rings is 2. The number of hydrogen-bond acceptors (Lipinski definition) is 4. The molecular formula is C19H24N2O3. The number of ether oxygens (including phenoxy) is 2. The molecule has 5 nitrogen and oxygen atoms in total. The highest BCUT2D eigenvalue weighted by Gasteiger charge is 2.06. The summed E-state index contributed by atoms with van der Waals surface area (Å²) in [5.41, 5.74) is 1.16. The van der Waals surface area contributed by atoms with Crippen LogP contribution >= 0.6 is 0 Å². The second-order valence-electron chi connectivity index (χ2n) is 5.39. The Morgan fingerprint density at radius 2 is 1.71 bits per heavy atom. The van der Waals surface area contributed by atoms with Crippen molar-refractivity contribution < 1.29 is 14.3 Å². The molecule has 2 rings (SSSR count). The Kier molecular flexibility index (Phi) is 7.11. The van der Waals surface area contributed by atoms with Crippen LogP contribution in [-0.2, 0) is 4.79 Å². The van der Waals surface area contributed by atoms with Crippen LogP contribution in [0.15, 0.2) is 54.6 Å². The van der Waals surface area contributed by atoms with E-state index >= 15 is 0 Å². The lowest BCUT2D eigenvalue weighted by atomic mass is 10.1. The quantitative estimate of drug-likeness (QED) is 0.695. The van der Waals surface area contributed by atoms with Crippen LogP contribution in [0.25, 0.3) is 0 Å². The third-order valence-electron chi connectivity index (χ3n) is 3.62. The zero-order valence-corrected chi connectivity index (χ0v) is 14.1. The van der Waals surface area contributed by atoms with Crippen molar-refractivity contribution in [1.82, 2.24) is 10.6 Å². The molecule has 0 aromatic heterocycles. The van der Waals surface area contributed by atoms with E-state index in [2.05, 4.69) is 10.6 Å². The molecule has 2 aromatic carbocycles. The minimum Gasteiger partial charge on any atom is -0.497 e. The number of nitrogens with one attached hydrogen (secondary N) is 2. The number of carbonyl (C=O) groups is 1. The third-order valence-corrected chi connectivity index (χ3v) is 3.62. The second-order valence-corrected chi connectivity index (χ2v) is 5.39. The summed E-state index contributed by atoms with van der Waals surface area (Å²) in [5, 5.41) is 6.03. The highest BCUT2D eigenvalue weighted by molar-refractivity contribution is 5.78. The van der Waals surface area contributed by atoms with Crippen LogP contribution in [0.1, 0.15) is 18.5 Å². The van der Waals surface area contributed by atoms with Gasteiger partial charge in [0.15, 0.2) is 0 Å². The standard InChI is InChI=1S/C19H24N2O3/c1-15(16-6-4-3-5-7-16)21-14-19(22)20-12-13-24-18-10-8-17(23-2)9-11-18/h3-11,15,21H,12-14H2,1-2H3,(H,20,22). The SMILES string of the molecule is COc1ccc(OCCNC(=O)CNC(C)c2ccccc2)cc1. The van der Waals surface area contributed by atoms with E-state index in [-0.39, 0.29) is 18.5 Å². The van der Waals surface area contributed by atoms with Gasteiger partial charge < -0.3 is 20.1 Å². The van der Waals surface area contributed by atoms with Gasteiger partial charge in [-0.1, -0.05) is 30.3 Å². The Hall–Kier alpha value is -2.53. The highest BCUT2D eigenvalue weighted by atomic mass is 16.5. The van der Waals surface area contributed by atoms with Crippen LogP contribution in [0.4, 0.5) is 0 Å². The molecule has 0 aliphatic carbocycles. The first kappa shape index (κ1) is 17.8. The molecule has 24 heavy (non-hydrogen) atoms. The summed E-state index contributed by atoms with van der Waals surface area (Å²) in [5.74, 6) is 1.49. The maximum absolute atomic E-state index is 11.8. The van der Waals surface area contributed by atoms with Gasteiger partial charge in [0.2, 0.25) is 5.91 Å². The Balaban J connectivity index is 1.61. The van der Waals surface area contributed by atoms with E-state index in [4.69, 9.17) is 9.47 Å². The summed E-state index contributed by atoms with van der Waals surface area (Å²) in [6, 6.07) is 17.5. The first-order valence-electron chi connectivity index (χ1n) is 8.01. The number of amides is 1. The van der Waals surface area contributed by atoms with Crippen molar-refractivity contribution in [2.24, 2.45) is 0 Å². The fourth-order valence-corrected chi connectivity index (χ4v) is 2.20. The monoisotopic (exact) mass is 328 g/mol. The normalized spacial score (nSPS) is 11.6. The smallest absolute Gasteiger partial charge is 0.234 e. The Bertz CT molecular complexity index is 614. The molecule has 0 bridgehead atoms. The molecule has 0 aliphatic heterocycles. The summed E-state index contributed by atoms with van der Waals surface area (Å²) >= 11 is 0. The molecule has 2 aromatic rings.